The van der Waals surface area contributed by atoms with E-state index in [1.54, 1.807) is 0 Å². The van der Waals surface area contributed by atoms with Crippen LogP contribution in [0.5, 0.6) is 0 Å². The summed E-state index contributed by atoms with van der Waals surface area (Å²) in [5.74, 6) is 0. The van der Waals surface area contributed by atoms with Gasteiger partial charge in [-0.25, -0.2) is 0 Å². The number of likely N-dealkylation sites (tertiary alicyclic amines) is 1. The fourth-order valence-electron chi connectivity index (χ4n) is 3.70. The molecule has 2 N–H and O–H groups in total. The van der Waals surface area contributed by atoms with E-state index in [9.17, 15) is 10.2 Å². The van der Waals surface area contributed by atoms with Gasteiger partial charge in [0.15, 0.2) is 6.29 Å². The van der Waals surface area contributed by atoms with Crippen molar-refractivity contribution in [1.82, 2.24) is 4.90 Å². The van der Waals surface area contributed by atoms with Crippen molar-refractivity contribution in [2.24, 2.45) is 0 Å². The first-order chi connectivity index (χ1) is 12.4. The number of hydrogen-bond donors (Lipinski definition) is 2. The highest BCUT2D eigenvalue weighted by Gasteiger charge is 2.28. The van der Waals surface area contributed by atoms with Crippen LogP contribution in [0.3, 0.4) is 0 Å². The van der Waals surface area contributed by atoms with Crippen molar-refractivity contribution in [2.45, 2.75) is 57.8 Å². The van der Waals surface area contributed by atoms with Gasteiger partial charge in [0.2, 0.25) is 0 Å². The fraction of sp³-hybridized carbons (Fsp3) is 0.478. The van der Waals surface area contributed by atoms with Gasteiger partial charge in [-0.15, -0.1) is 0 Å². The molecule has 1 aliphatic heterocycles. The van der Waals surface area contributed by atoms with E-state index < -0.39 is 11.7 Å². The molecule has 3 rings (SSSR count). The molecular weight excluding hydrogens is 322 g/mol. The maximum absolute atomic E-state index is 9.55. The minimum absolute atomic E-state index is 0.672. The third-order valence-corrected chi connectivity index (χ3v) is 5.94. The van der Waals surface area contributed by atoms with Gasteiger partial charge in [0.05, 0.1) is 0 Å². The van der Waals surface area contributed by atoms with Gasteiger partial charge in [-0.05, 0) is 55.0 Å². The lowest BCUT2D eigenvalue weighted by Crippen LogP contribution is -2.33. The van der Waals surface area contributed by atoms with Crippen molar-refractivity contribution in [1.29, 1.82) is 0 Å². The van der Waals surface area contributed by atoms with Crippen LogP contribution in [0.2, 0.25) is 0 Å². The molecule has 0 bridgehead atoms. The Hall–Kier alpha value is -1.68. The minimum atomic E-state index is -1.37. The van der Waals surface area contributed by atoms with Gasteiger partial charge in [-0.2, -0.15) is 0 Å². The molecule has 3 heteroatoms. The lowest BCUT2D eigenvalue weighted by molar-refractivity contribution is -0.0890. The quantitative estimate of drug-likeness (QED) is 0.773. The van der Waals surface area contributed by atoms with Crippen LogP contribution in [0.4, 0.5) is 0 Å². The molecule has 1 saturated heterocycles. The molecular formula is C23H31NO2. The highest BCUT2D eigenvalue weighted by atomic mass is 16.5. The largest absolute Gasteiger partial charge is 0.367 e. The Morgan fingerprint density at radius 2 is 1.58 bits per heavy atom. The van der Waals surface area contributed by atoms with Crippen molar-refractivity contribution < 1.29 is 10.2 Å². The van der Waals surface area contributed by atoms with E-state index >= 15 is 0 Å². The van der Waals surface area contributed by atoms with Crippen LogP contribution >= 0.6 is 0 Å². The summed E-state index contributed by atoms with van der Waals surface area (Å²) in [4.78, 5) is 2.59. The third-order valence-electron chi connectivity index (χ3n) is 5.94. The molecule has 0 saturated carbocycles. The lowest BCUT2D eigenvalue weighted by Gasteiger charge is -2.27. The van der Waals surface area contributed by atoms with E-state index in [1.165, 1.54) is 30.5 Å². The first-order valence-corrected chi connectivity index (χ1v) is 9.68. The van der Waals surface area contributed by atoms with Crippen molar-refractivity contribution in [2.75, 3.05) is 13.1 Å². The number of aliphatic hydroxyl groups is 2. The molecule has 1 atom stereocenters. The second-order valence-electron chi connectivity index (χ2n) is 8.15. The second kappa shape index (κ2) is 7.91. The van der Waals surface area contributed by atoms with Crippen molar-refractivity contribution in [3.05, 3.63) is 59.7 Å². The Morgan fingerprint density at radius 3 is 2.08 bits per heavy atom. The second-order valence-corrected chi connectivity index (χ2v) is 8.15. The molecule has 1 fully saturated rings. The Balaban J connectivity index is 1.65. The normalized spacial score (nSPS) is 18.6. The van der Waals surface area contributed by atoms with Crippen molar-refractivity contribution in [3.63, 3.8) is 0 Å². The van der Waals surface area contributed by atoms with Crippen LogP contribution in [0, 0.1) is 0 Å². The average Bonchev–Trinajstić information content (AvgIpc) is 3.05. The Morgan fingerprint density at radius 1 is 1.00 bits per heavy atom. The summed E-state index contributed by atoms with van der Waals surface area (Å²) < 4.78 is 0. The predicted octanol–water partition coefficient (Wildman–Crippen LogP) is 3.97. The summed E-state index contributed by atoms with van der Waals surface area (Å²) in [6, 6.07) is 17.6. The standard InChI is InChI=1S/C23H31NO2/c1-17-5-4-15-24(17)16-14-18-6-8-19(9-7-18)20-10-12-21(13-11-20)23(2,3)22(25)26/h6-13,17,22,25-26H,4-5,14-16H2,1-3H3/t17-/m1/s1. The van der Waals surface area contributed by atoms with Crippen LogP contribution in [0.15, 0.2) is 48.5 Å². The Kier molecular flexibility index (Phi) is 5.81. The van der Waals surface area contributed by atoms with Gasteiger partial charge in [-0.1, -0.05) is 62.4 Å². The van der Waals surface area contributed by atoms with E-state index in [1.807, 2.05) is 26.0 Å². The SMILES string of the molecule is C[C@@H]1CCCN1CCc1ccc(-c2ccc(C(C)(C)C(O)O)cc2)cc1. The Labute approximate surface area is 157 Å². The van der Waals surface area contributed by atoms with Gasteiger partial charge in [0, 0.05) is 18.0 Å². The molecule has 26 heavy (non-hydrogen) atoms. The summed E-state index contributed by atoms with van der Waals surface area (Å²) in [6.07, 6.45) is 2.40. The number of hydrogen-bond acceptors (Lipinski definition) is 3. The molecule has 0 amide bonds. The molecule has 1 heterocycles. The van der Waals surface area contributed by atoms with E-state index in [-0.39, 0.29) is 0 Å². The molecule has 0 aliphatic carbocycles. The number of rotatable bonds is 6. The van der Waals surface area contributed by atoms with Gasteiger partial charge in [-0.3, -0.25) is 0 Å². The van der Waals surface area contributed by atoms with Crippen LogP contribution in [-0.2, 0) is 11.8 Å². The van der Waals surface area contributed by atoms with Gasteiger partial charge in [0.1, 0.15) is 0 Å². The molecule has 1 aliphatic rings. The topological polar surface area (TPSA) is 43.7 Å². The molecule has 0 spiro atoms. The van der Waals surface area contributed by atoms with Crippen LogP contribution in [0.25, 0.3) is 11.1 Å². The van der Waals surface area contributed by atoms with Gasteiger partial charge >= 0.3 is 0 Å². The smallest absolute Gasteiger partial charge is 0.160 e. The molecule has 0 radical (unpaired) electrons. The first kappa shape index (κ1) is 19.1. The maximum Gasteiger partial charge on any atom is 0.160 e. The van der Waals surface area contributed by atoms with E-state index in [2.05, 4.69) is 48.2 Å². The Bertz CT molecular complexity index is 704. The highest BCUT2D eigenvalue weighted by molar-refractivity contribution is 5.64. The summed E-state index contributed by atoms with van der Waals surface area (Å²) in [6.45, 7) is 8.39. The summed E-state index contributed by atoms with van der Waals surface area (Å²) >= 11 is 0. The average molecular weight is 354 g/mol. The summed E-state index contributed by atoms with van der Waals surface area (Å²) in [7, 11) is 0. The zero-order valence-corrected chi connectivity index (χ0v) is 16.2. The van der Waals surface area contributed by atoms with Crippen LogP contribution < -0.4 is 0 Å². The third kappa shape index (κ3) is 4.17. The maximum atomic E-state index is 9.55. The van der Waals surface area contributed by atoms with Crippen LogP contribution in [-0.4, -0.2) is 40.5 Å². The van der Waals surface area contributed by atoms with Crippen molar-refractivity contribution in [3.8, 4) is 11.1 Å². The van der Waals surface area contributed by atoms with E-state index in [0.717, 1.165) is 30.1 Å². The van der Waals surface area contributed by atoms with E-state index in [0.29, 0.717) is 0 Å². The number of nitrogens with zero attached hydrogens (tertiary/aromatic N) is 1. The van der Waals surface area contributed by atoms with Crippen LogP contribution in [0.1, 0.15) is 44.7 Å². The molecule has 2 aromatic carbocycles. The van der Waals surface area contributed by atoms with Crippen molar-refractivity contribution >= 4 is 0 Å². The summed E-state index contributed by atoms with van der Waals surface area (Å²) in [5.41, 5.74) is 3.98. The lowest BCUT2D eigenvalue weighted by atomic mass is 9.83. The fourth-order valence-corrected chi connectivity index (χ4v) is 3.70. The monoisotopic (exact) mass is 353 g/mol. The molecule has 140 valence electrons. The number of benzene rings is 2. The first-order valence-electron chi connectivity index (χ1n) is 9.68. The predicted molar refractivity (Wildman–Crippen MR) is 107 cm³/mol. The molecule has 3 nitrogen and oxygen atoms in total. The molecule has 0 unspecified atom stereocenters. The van der Waals surface area contributed by atoms with E-state index in [4.69, 9.17) is 0 Å². The summed E-state index contributed by atoms with van der Waals surface area (Å²) in [5, 5.41) is 19.1. The highest BCUT2D eigenvalue weighted by Crippen LogP contribution is 2.29. The molecule has 2 aromatic rings. The van der Waals surface area contributed by atoms with Gasteiger partial charge < -0.3 is 15.1 Å². The number of aliphatic hydroxyl groups excluding tert-OH is 1. The minimum Gasteiger partial charge on any atom is -0.367 e. The van der Waals surface area contributed by atoms with Gasteiger partial charge in [0.25, 0.3) is 0 Å². The zero-order valence-electron chi connectivity index (χ0n) is 16.2. The molecule has 0 aromatic heterocycles. The zero-order chi connectivity index (χ0) is 18.7.